The zero-order valence-corrected chi connectivity index (χ0v) is 8.93. The van der Waals surface area contributed by atoms with Crippen molar-refractivity contribution in [3.8, 4) is 6.07 Å². The standard InChI is InChI=1S/C12H12N2O2/c1-2-16-12(15)6-4-10-7-9(8-13)3-5-11(10)14/h3-7H,2,14H2,1H3/b6-4+. The third kappa shape index (κ3) is 3.14. The van der Waals surface area contributed by atoms with Crippen LogP contribution in [0.4, 0.5) is 5.69 Å². The van der Waals surface area contributed by atoms with Gasteiger partial charge in [0.05, 0.1) is 18.2 Å². The van der Waals surface area contributed by atoms with Crippen LogP contribution in [0.5, 0.6) is 0 Å². The number of hydrogen-bond acceptors (Lipinski definition) is 4. The summed E-state index contributed by atoms with van der Waals surface area (Å²) in [5.74, 6) is -0.427. The smallest absolute Gasteiger partial charge is 0.330 e. The molecule has 0 saturated carbocycles. The fourth-order valence-electron chi connectivity index (χ4n) is 1.14. The lowest BCUT2D eigenvalue weighted by atomic mass is 10.1. The molecule has 0 aliphatic heterocycles. The Labute approximate surface area is 93.9 Å². The minimum atomic E-state index is -0.427. The molecule has 0 unspecified atom stereocenters. The van der Waals surface area contributed by atoms with Gasteiger partial charge in [-0.15, -0.1) is 0 Å². The number of nitrogens with two attached hydrogens (primary N) is 1. The van der Waals surface area contributed by atoms with Crippen molar-refractivity contribution < 1.29 is 9.53 Å². The highest BCUT2D eigenvalue weighted by molar-refractivity contribution is 5.88. The van der Waals surface area contributed by atoms with Gasteiger partial charge < -0.3 is 10.5 Å². The molecule has 0 aliphatic rings. The van der Waals surface area contributed by atoms with Gasteiger partial charge in [-0.3, -0.25) is 0 Å². The summed E-state index contributed by atoms with van der Waals surface area (Å²) < 4.78 is 4.73. The summed E-state index contributed by atoms with van der Waals surface area (Å²) in [6.07, 6.45) is 2.82. The van der Waals surface area contributed by atoms with E-state index in [0.29, 0.717) is 23.4 Å². The molecular formula is C12H12N2O2. The first-order valence-corrected chi connectivity index (χ1v) is 4.82. The molecule has 0 heterocycles. The average molecular weight is 216 g/mol. The molecular weight excluding hydrogens is 204 g/mol. The van der Waals surface area contributed by atoms with Crippen LogP contribution in [0.25, 0.3) is 6.08 Å². The monoisotopic (exact) mass is 216 g/mol. The molecule has 0 atom stereocenters. The zero-order chi connectivity index (χ0) is 12.0. The largest absolute Gasteiger partial charge is 0.463 e. The van der Waals surface area contributed by atoms with E-state index >= 15 is 0 Å². The Balaban J connectivity index is 2.88. The normalized spacial score (nSPS) is 10.0. The van der Waals surface area contributed by atoms with Crippen molar-refractivity contribution in [2.45, 2.75) is 6.92 Å². The molecule has 82 valence electrons. The van der Waals surface area contributed by atoms with Crippen LogP contribution in [0.2, 0.25) is 0 Å². The number of hydrogen-bond donors (Lipinski definition) is 1. The summed E-state index contributed by atoms with van der Waals surface area (Å²) in [7, 11) is 0. The highest BCUT2D eigenvalue weighted by Gasteiger charge is 1.99. The second kappa shape index (κ2) is 5.56. The highest BCUT2D eigenvalue weighted by atomic mass is 16.5. The Bertz CT molecular complexity index is 459. The number of ether oxygens (including phenoxy) is 1. The Morgan fingerprint density at radius 3 is 3.00 bits per heavy atom. The number of nitrogens with zero attached hydrogens (tertiary/aromatic N) is 1. The fraction of sp³-hybridized carbons (Fsp3) is 0.167. The van der Waals surface area contributed by atoms with E-state index in [1.807, 2.05) is 6.07 Å². The van der Waals surface area contributed by atoms with Crippen LogP contribution >= 0.6 is 0 Å². The van der Waals surface area contributed by atoms with Crippen LogP contribution in [0.15, 0.2) is 24.3 Å². The van der Waals surface area contributed by atoms with E-state index in [1.165, 1.54) is 12.2 Å². The molecule has 0 fully saturated rings. The number of anilines is 1. The SMILES string of the molecule is CCOC(=O)/C=C/c1cc(C#N)ccc1N. The predicted molar refractivity (Wildman–Crippen MR) is 61.2 cm³/mol. The molecule has 0 amide bonds. The van der Waals surface area contributed by atoms with Gasteiger partial charge in [0.1, 0.15) is 0 Å². The van der Waals surface area contributed by atoms with Gasteiger partial charge in [0.2, 0.25) is 0 Å². The van der Waals surface area contributed by atoms with E-state index in [1.54, 1.807) is 25.1 Å². The summed E-state index contributed by atoms with van der Waals surface area (Å²) in [5.41, 5.74) is 7.33. The molecule has 0 radical (unpaired) electrons. The van der Waals surface area contributed by atoms with Gasteiger partial charge in [-0.1, -0.05) is 0 Å². The number of carbonyl (C=O) groups excluding carboxylic acids is 1. The van der Waals surface area contributed by atoms with Crippen molar-refractivity contribution >= 4 is 17.7 Å². The molecule has 2 N–H and O–H groups in total. The number of rotatable bonds is 3. The molecule has 16 heavy (non-hydrogen) atoms. The van der Waals surface area contributed by atoms with Crippen molar-refractivity contribution in [1.82, 2.24) is 0 Å². The lowest BCUT2D eigenvalue weighted by Crippen LogP contribution is -1.99. The molecule has 0 bridgehead atoms. The molecule has 1 aromatic carbocycles. The summed E-state index contributed by atoms with van der Waals surface area (Å²) in [6.45, 7) is 2.06. The third-order valence-electron chi connectivity index (χ3n) is 1.90. The van der Waals surface area contributed by atoms with Crippen molar-refractivity contribution in [2.75, 3.05) is 12.3 Å². The first-order valence-electron chi connectivity index (χ1n) is 4.82. The second-order valence-corrected chi connectivity index (χ2v) is 3.04. The van der Waals surface area contributed by atoms with Gasteiger partial charge in [-0.05, 0) is 36.8 Å². The highest BCUT2D eigenvalue weighted by Crippen LogP contribution is 2.15. The van der Waals surface area contributed by atoms with E-state index in [9.17, 15) is 4.79 Å². The second-order valence-electron chi connectivity index (χ2n) is 3.04. The summed E-state index contributed by atoms with van der Waals surface area (Å²) in [4.78, 5) is 11.1. The minimum Gasteiger partial charge on any atom is -0.463 e. The maximum absolute atomic E-state index is 11.1. The zero-order valence-electron chi connectivity index (χ0n) is 8.93. The first kappa shape index (κ1) is 11.8. The molecule has 0 spiro atoms. The van der Waals surface area contributed by atoms with Crippen molar-refractivity contribution in [3.05, 3.63) is 35.4 Å². The summed E-state index contributed by atoms with van der Waals surface area (Å²) >= 11 is 0. The van der Waals surface area contributed by atoms with Crippen molar-refractivity contribution in [2.24, 2.45) is 0 Å². The molecule has 4 nitrogen and oxygen atoms in total. The van der Waals surface area contributed by atoms with E-state index < -0.39 is 5.97 Å². The molecule has 1 aromatic rings. The lowest BCUT2D eigenvalue weighted by Gasteiger charge is -2.00. The van der Waals surface area contributed by atoms with Crippen LogP contribution < -0.4 is 5.73 Å². The Morgan fingerprint density at radius 2 is 2.38 bits per heavy atom. The van der Waals surface area contributed by atoms with Gasteiger partial charge in [-0.2, -0.15) is 5.26 Å². The predicted octanol–water partition coefficient (Wildman–Crippen LogP) is 1.72. The summed E-state index contributed by atoms with van der Waals surface area (Å²) in [5, 5.41) is 8.71. The number of carbonyl (C=O) groups is 1. The van der Waals surface area contributed by atoms with Crippen molar-refractivity contribution in [1.29, 1.82) is 5.26 Å². The van der Waals surface area contributed by atoms with Crippen LogP contribution in [0, 0.1) is 11.3 Å². The van der Waals surface area contributed by atoms with Gasteiger partial charge in [-0.25, -0.2) is 4.79 Å². The lowest BCUT2D eigenvalue weighted by molar-refractivity contribution is -0.137. The topological polar surface area (TPSA) is 76.1 Å². The Kier molecular flexibility index (Phi) is 4.10. The maximum atomic E-state index is 11.1. The van der Waals surface area contributed by atoms with E-state index in [4.69, 9.17) is 15.7 Å². The van der Waals surface area contributed by atoms with Gasteiger partial charge in [0.15, 0.2) is 0 Å². The Hall–Kier alpha value is -2.28. The number of nitriles is 1. The van der Waals surface area contributed by atoms with Crippen LogP contribution in [-0.4, -0.2) is 12.6 Å². The van der Waals surface area contributed by atoms with E-state index in [0.717, 1.165) is 0 Å². The van der Waals surface area contributed by atoms with E-state index in [2.05, 4.69) is 0 Å². The van der Waals surface area contributed by atoms with Crippen LogP contribution in [0.3, 0.4) is 0 Å². The molecule has 0 aliphatic carbocycles. The Morgan fingerprint density at radius 1 is 1.62 bits per heavy atom. The summed E-state index contributed by atoms with van der Waals surface area (Å²) in [6, 6.07) is 6.87. The fourth-order valence-corrected chi connectivity index (χ4v) is 1.14. The van der Waals surface area contributed by atoms with Crippen molar-refractivity contribution in [3.63, 3.8) is 0 Å². The number of benzene rings is 1. The molecule has 0 saturated heterocycles. The van der Waals surface area contributed by atoms with Gasteiger partial charge in [0.25, 0.3) is 0 Å². The third-order valence-corrected chi connectivity index (χ3v) is 1.90. The maximum Gasteiger partial charge on any atom is 0.330 e. The van der Waals surface area contributed by atoms with Gasteiger partial charge in [0, 0.05) is 11.8 Å². The van der Waals surface area contributed by atoms with Crippen LogP contribution in [0.1, 0.15) is 18.1 Å². The molecule has 4 heteroatoms. The average Bonchev–Trinajstić information content (AvgIpc) is 2.28. The number of esters is 1. The van der Waals surface area contributed by atoms with Crippen LogP contribution in [-0.2, 0) is 9.53 Å². The quantitative estimate of drug-likeness (QED) is 0.474. The van der Waals surface area contributed by atoms with Gasteiger partial charge >= 0.3 is 5.97 Å². The number of nitrogen functional groups attached to an aromatic ring is 1. The minimum absolute atomic E-state index is 0.330. The molecule has 1 rings (SSSR count). The first-order chi connectivity index (χ1) is 7.67. The molecule has 0 aromatic heterocycles. The van der Waals surface area contributed by atoms with E-state index in [-0.39, 0.29) is 0 Å².